The van der Waals surface area contributed by atoms with Crippen LogP contribution in [0.2, 0.25) is 10.0 Å². The molecule has 0 saturated heterocycles. The molecule has 9 heteroatoms. The summed E-state index contributed by atoms with van der Waals surface area (Å²) in [6.45, 7) is 0. The van der Waals surface area contributed by atoms with E-state index in [4.69, 9.17) is 28.3 Å². The van der Waals surface area contributed by atoms with Crippen LogP contribution in [0.3, 0.4) is 0 Å². The number of alkyl halides is 3. The second-order valence-corrected chi connectivity index (χ2v) is 6.89. The van der Waals surface area contributed by atoms with Crippen molar-refractivity contribution in [3.63, 3.8) is 0 Å². The molecule has 0 saturated carbocycles. The Morgan fingerprint density at radius 1 is 1.15 bits per heavy atom. The maximum absolute atomic E-state index is 13.5. The fourth-order valence-electron chi connectivity index (χ4n) is 2.18. The molecule has 138 valence electrons. The van der Waals surface area contributed by atoms with Gasteiger partial charge in [-0.15, -0.1) is 0 Å². The van der Waals surface area contributed by atoms with Crippen LogP contribution in [0.1, 0.15) is 27.4 Å². The van der Waals surface area contributed by atoms with Gasteiger partial charge < -0.3 is 5.11 Å². The number of carboxylic acid groups (broad SMARTS) is 1. The summed E-state index contributed by atoms with van der Waals surface area (Å²) in [6, 6.07) is 5.74. The number of aromatic carboxylic acids is 1. The van der Waals surface area contributed by atoms with Gasteiger partial charge in [0.05, 0.1) is 21.5 Å². The van der Waals surface area contributed by atoms with Crippen molar-refractivity contribution < 1.29 is 27.5 Å². The van der Waals surface area contributed by atoms with Crippen molar-refractivity contribution in [2.45, 2.75) is 12.1 Å². The monoisotopic (exact) mass is 470 g/mol. The molecule has 0 aliphatic rings. The van der Waals surface area contributed by atoms with E-state index < -0.39 is 33.9 Å². The smallest absolute Gasteiger partial charge is 0.399 e. The minimum absolute atomic E-state index is 0.0216. The van der Waals surface area contributed by atoms with Crippen molar-refractivity contribution in [1.29, 1.82) is 0 Å². The third-order valence-corrected chi connectivity index (χ3v) is 4.63. The quantitative estimate of drug-likeness (QED) is 0.386. The minimum Gasteiger partial charge on any atom is -0.478 e. The molecule has 0 bridgehead atoms. The van der Waals surface area contributed by atoms with Crippen LogP contribution in [0.5, 0.6) is 0 Å². The number of hydrogen-bond donors (Lipinski definition) is 1. The van der Waals surface area contributed by atoms with Crippen molar-refractivity contribution in [1.82, 2.24) is 0 Å². The van der Waals surface area contributed by atoms with Gasteiger partial charge >= 0.3 is 12.1 Å². The molecular weight excluding hydrogens is 463 g/mol. The van der Waals surface area contributed by atoms with E-state index in [0.717, 1.165) is 18.2 Å². The first-order chi connectivity index (χ1) is 12.0. The van der Waals surface area contributed by atoms with Crippen molar-refractivity contribution in [2.24, 2.45) is 0 Å². The molecule has 2 nitrogen and oxygen atoms in total. The molecule has 2 aromatic carbocycles. The van der Waals surface area contributed by atoms with E-state index in [1.165, 1.54) is 24.3 Å². The fourth-order valence-corrected chi connectivity index (χ4v) is 3.25. The van der Waals surface area contributed by atoms with Crippen LogP contribution in [0, 0.1) is 5.82 Å². The summed E-state index contributed by atoms with van der Waals surface area (Å²) in [5.74, 6) is -4.23. The van der Waals surface area contributed by atoms with E-state index in [2.05, 4.69) is 15.9 Å². The zero-order chi connectivity index (χ0) is 19.6. The third-order valence-electron chi connectivity index (χ3n) is 3.42. The van der Waals surface area contributed by atoms with Crippen LogP contribution in [0.4, 0.5) is 17.6 Å². The second-order valence-electron chi connectivity index (χ2n) is 5.22. The lowest BCUT2D eigenvalue weighted by Gasteiger charge is -2.18. The summed E-state index contributed by atoms with van der Waals surface area (Å²) < 4.78 is 53.9. The standard InChI is InChI=1S/C17H9BrCl2F4O2/c18-12-5-8(1-3-10(12)16(25)26)2-4-11(17(22,23)24)9-6-13(19)15(21)14(20)7-9/h1-7,11H,(H,25,26). The molecule has 0 radical (unpaired) electrons. The van der Waals surface area contributed by atoms with E-state index in [0.29, 0.717) is 5.56 Å². The molecule has 0 aromatic heterocycles. The molecule has 2 rings (SSSR count). The summed E-state index contributed by atoms with van der Waals surface area (Å²) in [7, 11) is 0. The maximum atomic E-state index is 13.5. The number of halogens is 7. The van der Waals surface area contributed by atoms with E-state index in [1.807, 2.05) is 0 Å². The Bertz CT molecular complexity index is 859. The Hall–Kier alpha value is -1.57. The van der Waals surface area contributed by atoms with Crippen LogP contribution < -0.4 is 0 Å². The SMILES string of the molecule is O=C(O)c1ccc(C=CC(c2cc(Cl)c(F)c(Cl)c2)C(F)(F)F)cc1Br. The Labute approximate surface area is 164 Å². The lowest BCUT2D eigenvalue weighted by atomic mass is 9.97. The average Bonchev–Trinajstić information content (AvgIpc) is 2.51. The van der Waals surface area contributed by atoms with Gasteiger partial charge in [-0.05, 0) is 51.3 Å². The van der Waals surface area contributed by atoms with Crippen molar-refractivity contribution in [3.05, 3.63) is 73.4 Å². The van der Waals surface area contributed by atoms with Crippen molar-refractivity contribution in [3.8, 4) is 0 Å². The lowest BCUT2D eigenvalue weighted by molar-refractivity contribution is -0.139. The average molecular weight is 472 g/mol. The van der Waals surface area contributed by atoms with E-state index >= 15 is 0 Å². The first-order valence-corrected chi connectivity index (χ1v) is 8.47. The number of allylic oxidation sites excluding steroid dienone is 1. The Morgan fingerprint density at radius 2 is 1.73 bits per heavy atom. The molecule has 0 aliphatic carbocycles. The first kappa shape index (κ1) is 20.7. The van der Waals surface area contributed by atoms with Crippen LogP contribution in [0.25, 0.3) is 6.08 Å². The number of hydrogen-bond acceptors (Lipinski definition) is 1. The Balaban J connectivity index is 2.42. The normalized spacial score (nSPS) is 13.2. The third kappa shape index (κ3) is 4.78. The molecule has 0 aliphatic heterocycles. The van der Waals surface area contributed by atoms with Crippen molar-refractivity contribution >= 4 is 51.2 Å². The summed E-state index contributed by atoms with van der Waals surface area (Å²) >= 11 is 14.2. The zero-order valence-corrected chi connectivity index (χ0v) is 15.7. The lowest BCUT2D eigenvalue weighted by Crippen LogP contribution is -2.19. The van der Waals surface area contributed by atoms with Gasteiger partial charge in [0.1, 0.15) is 0 Å². The molecule has 0 fully saturated rings. The molecular formula is C17H9BrCl2F4O2. The summed E-state index contributed by atoms with van der Waals surface area (Å²) in [5, 5.41) is 7.93. The highest BCUT2D eigenvalue weighted by Gasteiger charge is 2.39. The highest BCUT2D eigenvalue weighted by Crippen LogP contribution is 2.39. The highest BCUT2D eigenvalue weighted by atomic mass is 79.9. The van der Waals surface area contributed by atoms with Gasteiger partial charge in [-0.1, -0.05) is 41.4 Å². The molecule has 0 heterocycles. The summed E-state index contributed by atoms with van der Waals surface area (Å²) in [5.41, 5.74) is 0.00780. The topological polar surface area (TPSA) is 37.3 Å². The maximum Gasteiger partial charge on any atom is 0.399 e. The Kier molecular flexibility index (Phi) is 6.37. The minimum atomic E-state index is -4.67. The van der Waals surface area contributed by atoms with Gasteiger partial charge in [0.2, 0.25) is 0 Å². The second kappa shape index (κ2) is 7.98. The molecule has 26 heavy (non-hydrogen) atoms. The van der Waals surface area contributed by atoms with Gasteiger partial charge in [-0.25, -0.2) is 9.18 Å². The molecule has 1 N–H and O–H groups in total. The van der Waals surface area contributed by atoms with Crippen molar-refractivity contribution in [2.75, 3.05) is 0 Å². The summed E-state index contributed by atoms with van der Waals surface area (Å²) in [4.78, 5) is 11.0. The van der Waals surface area contributed by atoms with E-state index in [1.54, 1.807) is 0 Å². The van der Waals surface area contributed by atoms with Gasteiger partial charge in [-0.3, -0.25) is 0 Å². The zero-order valence-electron chi connectivity index (χ0n) is 12.6. The van der Waals surface area contributed by atoms with E-state index in [9.17, 15) is 22.4 Å². The number of benzene rings is 2. The number of carbonyl (C=O) groups is 1. The van der Waals surface area contributed by atoms with Crippen LogP contribution in [0.15, 0.2) is 40.9 Å². The van der Waals surface area contributed by atoms with Crippen LogP contribution in [-0.4, -0.2) is 17.3 Å². The largest absolute Gasteiger partial charge is 0.478 e. The predicted octanol–water partition coefficient (Wildman–Crippen LogP) is 6.95. The number of carboxylic acids is 1. The fraction of sp³-hybridized carbons (Fsp3) is 0.118. The molecule has 1 unspecified atom stereocenters. The van der Waals surface area contributed by atoms with Gasteiger partial charge in [0, 0.05) is 4.47 Å². The molecule has 0 spiro atoms. The number of rotatable bonds is 4. The molecule has 0 amide bonds. The first-order valence-electron chi connectivity index (χ1n) is 6.93. The highest BCUT2D eigenvalue weighted by molar-refractivity contribution is 9.10. The van der Waals surface area contributed by atoms with Crippen LogP contribution in [-0.2, 0) is 0 Å². The molecule has 2 aromatic rings. The van der Waals surface area contributed by atoms with Gasteiger partial charge in [0.25, 0.3) is 0 Å². The molecule has 1 atom stereocenters. The van der Waals surface area contributed by atoms with Crippen LogP contribution >= 0.6 is 39.1 Å². The Morgan fingerprint density at radius 3 is 2.19 bits per heavy atom. The van der Waals surface area contributed by atoms with E-state index in [-0.39, 0.29) is 15.6 Å². The van der Waals surface area contributed by atoms with Gasteiger partial charge in [0.15, 0.2) is 5.82 Å². The predicted molar refractivity (Wildman–Crippen MR) is 95.4 cm³/mol. The van der Waals surface area contributed by atoms with Gasteiger partial charge in [-0.2, -0.15) is 13.2 Å². The summed E-state index contributed by atoms with van der Waals surface area (Å²) in [6.07, 6.45) is -2.62.